The van der Waals surface area contributed by atoms with Crippen molar-refractivity contribution in [1.29, 1.82) is 0 Å². The van der Waals surface area contributed by atoms with E-state index in [9.17, 15) is 28.9 Å². The number of allylic oxidation sites excluding steroid dienone is 10. The molecule has 3 atom stereocenters. The van der Waals surface area contributed by atoms with Gasteiger partial charge < -0.3 is 24.2 Å². The summed E-state index contributed by atoms with van der Waals surface area (Å²) in [5, 5.41) is 9.80. The fraction of sp³-hybridized carbons (Fsp3) is 0.790. The first-order valence-corrected chi connectivity index (χ1v) is 31.7. The van der Waals surface area contributed by atoms with E-state index in [1.807, 2.05) is 0 Å². The van der Waals surface area contributed by atoms with Crippen LogP contribution < -0.4 is 0 Å². The van der Waals surface area contributed by atoms with Crippen molar-refractivity contribution in [2.75, 3.05) is 26.4 Å². The molecule has 0 radical (unpaired) electrons. The number of carbonyl (C=O) groups excluding carboxylic acids is 3. The monoisotopic (exact) mass is 1060 g/mol. The molecule has 0 spiro atoms. The highest BCUT2D eigenvalue weighted by molar-refractivity contribution is 7.47. The third-order valence-electron chi connectivity index (χ3n) is 12.9. The van der Waals surface area contributed by atoms with Crippen LogP contribution in [0.3, 0.4) is 0 Å². The summed E-state index contributed by atoms with van der Waals surface area (Å²) in [7, 11) is -4.75. The summed E-state index contributed by atoms with van der Waals surface area (Å²) in [4.78, 5) is 48.6. The second-order valence-electron chi connectivity index (χ2n) is 20.1. The molecule has 0 aromatic heterocycles. The van der Waals surface area contributed by atoms with E-state index in [2.05, 4.69) is 81.5 Å². The highest BCUT2D eigenvalue weighted by atomic mass is 31.2. The van der Waals surface area contributed by atoms with Crippen molar-refractivity contribution in [2.24, 2.45) is 0 Å². The number of unbranched alkanes of at least 4 members (excludes halogenated alkanes) is 29. The molecule has 3 unspecified atom stereocenters. The van der Waals surface area contributed by atoms with Gasteiger partial charge in [0, 0.05) is 19.3 Å². The first kappa shape index (κ1) is 71.2. The van der Waals surface area contributed by atoms with Crippen LogP contribution in [-0.2, 0) is 42.2 Å². The Balaban J connectivity index is 4.72. The maximum absolute atomic E-state index is 12.9. The lowest BCUT2D eigenvalue weighted by Gasteiger charge is -2.21. The molecule has 0 aliphatic rings. The average molecular weight is 1060 g/mol. The van der Waals surface area contributed by atoms with E-state index >= 15 is 0 Å². The van der Waals surface area contributed by atoms with Gasteiger partial charge in [-0.2, -0.15) is 0 Å². The molecule has 0 aliphatic heterocycles. The van der Waals surface area contributed by atoms with E-state index in [1.54, 1.807) is 0 Å². The Hall–Kier alpha value is -2.82. The van der Waals surface area contributed by atoms with Gasteiger partial charge in [0.25, 0.3) is 0 Å². The van der Waals surface area contributed by atoms with Crippen LogP contribution in [-0.4, -0.2) is 66.5 Å². The van der Waals surface area contributed by atoms with E-state index in [1.165, 1.54) is 96.3 Å². The zero-order chi connectivity index (χ0) is 54.1. The molecule has 74 heavy (non-hydrogen) atoms. The van der Waals surface area contributed by atoms with Crippen molar-refractivity contribution in [1.82, 2.24) is 0 Å². The molecule has 0 saturated carbocycles. The van der Waals surface area contributed by atoms with Gasteiger partial charge in [0.1, 0.15) is 12.7 Å². The maximum Gasteiger partial charge on any atom is 0.472 e. The standard InChI is InChI=1S/C62H111O11P/c1-4-7-10-13-16-19-22-24-26-28-29-31-33-35-38-41-44-47-50-53-62(66)73-59(55-69-60(64)51-48-45-42-39-37-34-32-30-27-25-23-20-17-14-11-8-5-2)57-71-74(67,68)70-56-58(54-63)72-61(65)52-49-46-43-40-36-21-18-15-12-9-6-3/h7,10,15-16,18-19,24,26,29,31,58-59,63H,4-6,8-9,11-14,17,20-23,25,27-28,30,32-57H2,1-3H3,(H,67,68)/b10-7-,18-15-,19-16-,26-24-,31-29-. The van der Waals surface area contributed by atoms with Crippen molar-refractivity contribution in [3.05, 3.63) is 60.8 Å². The van der Waals surface area contributed by atoms with Gasteiger partial charge in [-0.25, -0.2) is 4.57 Å². The third kappa shape index (κ3) is 54.0. The molecular weight excluding hydrogens is 952 g/mol. The second-order valence-corrected chi connectivity index (χ2v) is 21.6. The molecule has 0 aromatic rings. The van der Waals surface area contributed by atoms with Crippen molar-refractivity contribution in [3.8, 4) is 0 Å². The fourth-order valence-corrected chi connectivity index (χ4v) is 9.11. The van der Waals surface area contributed by atoms with Gasteiger partial charge >= 0.3 is 25.7 Å². The van der Waals surface area contributed by atoms with Gasteiger partial charge in [-0.1, -0.05) is 242 Å². The van der Waals surface area contributed by atoms with Crippen molar-refractivity contribution >= 4 is 25.7 Å². The van der Waals surface area contributed by atoms with Crippen LogP contribution in [0.4, 0.5) is 0 Å². The predicted molar refractivity (Wildman–Crippen MR) is 307 cm³/mol. The fourth-order valence-electron chi connectivity index (χ4n) is 8.33. The van der Waals surface area contributed by atoms with E-state index in [0.717, 1.165) is 122 Å². The smallest absolute Gasteiger partial charge is 0.462 e. The summed E-state index contributed by atoms with van der Waals surface area (Å²) in [6.07, 6.45) is 61.8. The highest BCUT2D eigenvalue weighted by Gasteiger charge is 2.28. The summed E-state index contributed by atoms with van der Waals surface area (Å²) in [5.41, 5.74) is 0. The number of aliphatic hydroxyl groups excluding tert-OH is 1. The quantitative estimate of drug-likeness (QED) is 0.0197. The second kappa shape index (κ2) is 56.4. The van der Waals surface area contributed by atoms with Crippen LogP contribution in [0.5, 0.6) is 0 Å². The van der Waals surface area contributed by atoms with Crippen LogP contribution in [0.2, 0.25) is 0 Å². The molecule has 0 fully saturated rings. The van der Waals surface area contributed by atoms with Gasteiger partial charge in [0.2, 0.25) is 0 Å². The number of rotatable bonds is 56. The molecule has 0 saturated heterocycles. The SMILES string of the molecule is CC/C=C\C/C=C\C/C=C\C/C=C\CCCCCCCCC(=O)OC(COC(=O)CCCCCCCCCCCCCCCCCCC)COP(=O)(O)OCC(CO)OC(=O)CCCCCCC/C=C\CCCC. The Labute approximate surface area is 453 Å². The molecule has 0 bridgehead atoms. The Morgan fingerprint density at radius 2 is 0.716 bits per heavy atom. The van der Waals surface area contributed by atoms with E-state index < -0.39 is 57.8 Å². The zero-order valence-corrected chi connectivity index (χ0v) is 48.5. The van der Waals surface area contributed by atoms with Crippen molar-refractivity contribution in [2.45, 2.75) is 290 Å². The van der Waals surface area contributed by atoms with Crippen molar-refractivity contribution in [3.63, 3.8) is 0 Å². The number of aliphatic hydroxyl groups is 1. The Morgan fingerprint density at radius 1 is 0.392 bits per heavy atom. The molecule has 0 rings (SSSR count). The number of carbonyl (C=O) groups is 3. The number of ether oxygens (including phenoxy) is 3. The maximum atomic E-state index is 12.9. The molecule has 12 heteroatoms. The lowest BCUT2D eigenvalue weighted by Crippen LogP contribution is -2.30. The van der Waals surface area contributed by atoms with Crippen LogP contribution in [0.25, 0.3) is 0 Å². The van der Waals surface area contributed by atoms with Gasteiger partial charge in [-0.05, 0) is 77.0 Å². The summed E-state index contributed by atoms with van der Waals surface area (Å²) < 4.78 is 39.5. The summed E-state index contributed by atoms with van der Waals surface area (Å²) in [6.45, 7) is 4.50. The minimum atomic E-state index is -4.75. The normalized spacial score (nSPS) is 13.7. The number of hydrogen-bond donors (Lipinski definition) is 2. The first-order chi connectivity index (χ1) is 36.2. The largest absolute Gasteiger partial charge is 0.472 e. The molecule has 0 heterocycles. The highest BCUT2D eigenvalue weighted by Crippen LogP contribution is 2.43. The lowest BCUT2D eigenvalue weighted by molar-refractivity contribution is -0.161. The van der Waals surface area contributed by atoms with E-state index in [0.29, 0.717) is 19.3 Å². The third-order valence-corrected chi connectivity index (χ3v) is 13.9. The molecule has 0 aromatic carbocycles. The molecule has 11 nitrogen and oxygen atoms in total. The molecule has 2 N–H and O–H groups in total. The van der Waals surface area contributed by atoms with Crippen LogP contribution in [0.15, 0.2) is 60.8 Å². The number of phosphoric ester groups is 1. The zero-order valence-electron chi connectivity index (χ0n) is 47.6. The van der Waals surface area contributed by atoms with Gasteiger partial charge in [-0.15, -0.1) is 0 Å². The van der Waals surface area contributed by atoms with E-state index in [-0.39, 0.29) is 25.9 Å². The predicted octanol–water partition coefficient (Wildman–Crippen LogP) is 17.9. The van der Waals surface area contributed by atoms with Crippen molar-refractivity contribution < 1.29 is 52.2 Å². The molecule has 0 aliphatic carbocycles. The topological polar surface area (TPSA) is 155 Å². The van der Waals surface area contributed by atoms with Gasteiger partial charge in [0.15, 0.2) is 6.10 Å². The van der Waals surface area contributed by atoms with E-state index in [4.69, 9.17) is 23.3 Å². The number of esters is 3. The van der Waals surface area contributed by atoms with Gasteiger partial charge in [-0.3, -0.25) is 23.4 Å². The number of hydrogen-bond acceptors (Lipinski definition) is 10. The van der Waals surface area contributed by atoms with Gasteiger partial charge in [0.05, 0.1) is 19.8 Å². The summed E-state index contributed by atoms with van der Waals surface area (Å²) in [6, 6.07) is 0. The molecule has 430 valence electrons. The Morgan fingerprint density at radius 3 is 1.14 bits per heavy atom. The number of phosphoric acid groups is 1. The molecular formula is C62H111O11P. The Kier molecular flexibility index (Phi) is 54.2. The minimum Gasteiger partial charge on any atom is -0.462 e. The average Bonchev–Trinajstić information content (AvgIpc) is 3.39. The first-order valence-electron chi connectivity index (χ1n) is 30.2. The van der Waals surface area contributed by atoms with Crippen LogP contribution in [0.1, 0.15) is 278 Å². The van der Waals surface area contributed by atoms with Crippen LogP contribution >= 0.6 is 7.82 Å². The lowest BCUT2D eigenvalue weighted by atomic mass is 10.0. The summed E-state index contributed by atoms with van der Waals surface area (Å²) in [5.74, 6) is -1.48. The molecule has 0 amide bonds. The Bertz CT molecular complexity index is 1470. The minimum absolute atomic E-state index is 0.152. The van der Waals surface area contributed by atoms with Crippen LogP contribution in [0, 0.1) is 0 Å². The summed E-state index contributed by atoms with van der Waals surface area (Å²) >= 11 is 0.